The van der Waals surface area contributed by atoms with Crippen LogP contribution in [-0.4, -0.2) is 17.2 Å². The average molecular weight is 248 g/mol. The minimum absolute atomic E-state index is 0.101. The maximum Gasteiger partial charge on any atom is 0.446 e. The fourth-order valence-electron chi connectivity index (χ4n) is 1.77. The van der Waals surface area contributed by atoms with Gasteiger partial charge in [-0.3, -0.25) is 0 Å². The zero-order valence-corrected chi connectivity index (χ0v) is 9.18. The molecule has 0 radical (unpaired) electrons. The number of alkyl halides is 3. The number of rotatable bonds is 3. The van der Waals surface area contributed by atoms with Crippen molar-refractivity contribution in [3.63, 3.8) is 0 Å². The van der Waals surface area contributed by atoms with Crippen molar-refractivity contribution in [1.82, 2.24) is 0 Å². The fraction of sp³-hybridized carbons (Fsp3) is 0.455. The van der Waals surface area contributed by atoms with E-state index in [9.17, 15) is 13.2 Å². The van der Waals surface area contributed by atoms with E-state index < -0.39 is 5.51 Å². The zero-order valence-electron chi connectivity index (χ0n) is 8.37. The first-order valence-corrected chi connectivity index (χ1v) is 5.78. The zero-order chi connectivity index (χ0) is 11.8. The Morgan fingerprint density at radius 3 is 2.31 bits per heavy atom. The van der Waals surface area contributed by atoms with Crippen LogP contribution in [0.15, 0.2) is 29.2 Å². The molecule has 1 aromatic carbocycles. The van der Waals surface area contributed by atoms with Crippen LogP contribution in [-0.2, 0) is 0 Å². The van der Waals surface area contributed by atoms with Gasteiger partial charge in [0.25, 0.3) is 0 Å². The first kappa shape index (κ1) is 11.8. The molecule has 88 valence electrons. The number of aliphatic hydroxyl groups excluding tert-OH is 1. The van der Waals surface area contributed by atoms with Crippen LogP contribution >= 0.6 is 11.8 Å². The maximum atomic E-state index is 12.1. The topological polar surface area (TPSA) is 20.2 Å². The standard InChI is InChI=1S/C11H11F3OS/c12-11(13,14)16-9-3-1-7(2-4-9)10-5-8(10)6-15/h1-4,8,10,15H,5-6H2. The highest BCUT2D eigenvalue weighted by Gasteiger charge is 2.37. The van der Waals surface area contributed by atoms with Crippen LogP contribution in [0.25, 0.3) is 0 Å². The minimum Gasteiger partial charge on any atom is -0.396 e. The number of halogens is 3. The van der Waals surface area contributed by atoms with Crippen LogP contribution < -0.4 is 0 Å². The van der Waals surface area contributed by atoms with Gasteiger partial charge >= 0.3 is 5.51 Å². The predicted octanol–water partition coefficient (Wildman–Crippen LogP) is 3.39. The van der Waals surface area contributed by atoms with E-state index in [1.807, 2.05) is 0 Å². The first-order chi connectivity index (χ1) is 7.49. The fourth-order valence-corrected chi connectivity index (χ4v) is 2.31. The highest BCUT2D eigenvalue weighted by atomic mass is 32.2. The van der Waals surface area contributed by atoms with E-state index in [1.165, 1.54) is 12.1 Å². The molecular weight excluding hydrogens is 237 g/mol. The summed E-state index contributed by atoms with van der Waals surface area (Å²) in [6, 6.07) is 6.41. The third-order valence-corrected chi connectivity index (χ3v) is 3.44. The lowest BCUT2D eigenvalue weighted by molar-refractivity contribution is -0.0328. The molecule has 0 aliphatic heterocycles. The van der Waals surface area contributed by atoms with Crippen LogP contribution in [0.4, 0.5) is 13.2 Å². The Morgan fingerprint density at radius 1 is 1.25 bits per heavy atom. The van der Waals surface area contributed by atoms with Gasteiger partial charge in [-0.2, -0.15) is 13.2 Å². The second-order valence-corrected chi connectivity index (χ2v) is 5.04. The van der Waals surface area contributed by atoms with Crippen molar-refractivity contribution in [1.29, 1.82) is 0 Å². The Hall–Kier alpha value is -0.680. The van der Waals surface area contributed by atoms with Crippen molar-refractivity contribution in [2.75, 3.05) is 6.61 Å². The van der Waals surface area contributed by atoms with E-state index in [1.54, 1.807) is 12.1 Å². The van der Waals surface area contributed by atoms with E-state index in [0.717, 1.165) is 12.0 Å². The molecule has 0 bridgehead atoms. The molecule has 1 N–H and O–H groups in total. The van der Waals surface area contributed by atoms with Gasteiger partial charge in [-0.1, -0.05) is 12.1 Å². The summed E-state index contributed by atoms with van der Waals surface area (Å²) in [5.74, 6) is 0.621. The van der Waals surface area contributed by atoms with Crippen LogP contribution in [0, 0.1) is 5.92 Å². The molecular formula is C11H11F3OS. The van der Waals surface area contributed by atoms with Crippen molar-refractivity contribution in [2.45, 2.75) is 22.7 Å². The summed E-state index contributed by atoms with van der Waals surface area (Å²) >= 11 is -0.101. The maximum absolute atomic E-state index is 12.1. The minimum atomic E-state index is -4.23. The molecule has 5 heteroatoms. The molecule has 1 aliphatic carbocycles. The SMILES string of the molecule is OCC1CC1c1ccc(SC(F)(F)F)cc1. The number of hydrogen-bond donors (Lipinski definition) is 1. The van der Waals surface area contributed by atoms with Crippen LogP contribution in [0.2, 0.25) is 0 Å². The van der Waals surface area contributed by atoms with Crippen LogP contribution in [0.3, 0.4) is 0 Å². The number of aliphatic hydroxyl groups is 1. The van der Waals surface area contributed by atoms with Crippen molar-refractivity contribution >= 4 is 11.8 Å². The van der Waals surface area contributed by atoms with E-state index in [-0.39, 0.29) is 23.3 Å². The van der Waals surface area contributed by atoms with E-state index in [4.69, 9.17) is 5.11 Å². The third-order valence-electron chi connectivity index (χ3n) is 2.70. The molecule has 0 heterocycles. The Morgan fingerprint density at radius 2 is 1.88 bits per heavy atom. The van der Waals surface area contributed by atoms with Gasteiger partial charge in [-0.15, -0.1) is 0 Å². The Kier molecular flexibility index (Phi) is 3.17. The monoisotopic (exact) mass is 248 g/mol. The second-order valence-electron chi connectivity index (χ2n) is 3.90. The van der Waals surface area contributed by atoms with Crippen molar-refractivity contribution < 1.29 is 18.3 Å². The van der Waals surface area contributed by atoms with Gasteiger partial charge in [-0.05, 0) is 47.7 Å². The Labute approximate surface area is 95.7 Å². The quantitative estimate of drug-likeness (QED) is 0.827. The lowest BCUT2D eigenvalue weighted by atomic mass is 10.1. The molecule has 2 rings (SSSR count). The number of hydrogen-bond acceptors (Lipinski definition) is 2. The van der Waals surface area contributed by atoms with Crippen molar-refractivity contribution in [3.8, 4) is 0 Å². The van der Waals surface area contributed by atoms with Crippen molar-refractivity contribution in [3.05, 3.63) is 29.8 Å². The predicted molar refractivity (Wildman–Crippen MR) is 56.3 cm³/mol. The van der Waals surface area contributed by atoms with Crippen LogP contribution in [0.5, 0.6) is 0 Å². The van der Waals surface area contributed by atoms with Gasteiger partial charge in [0.2, 0.25) is 0 Å². The highest BCUT2D eigenvalue weighted by Crippen LogP contribution is 2.47. The Bertz CT molecular complexity index is 360. The largest absolute Gasteiger partial charge is 0.446 e. The summed E-state index contributed by atoms with van der Waals surface area (Å²) < 4.78 is 36.2. The molecule has 2 atom stereocenters. The van der Waals surface area contributed by atoms with E-state index in [2.05, 4.69) is 0 Å². The second kappa shape index (κ2) is 4.30. The molecule has 1 fully saturated rings. The van der Waals surface area contributed by atoms with Gasteiger partial charge in [0.05, 0.1) is 0 Å². The number of benzene rings is 1. The lowest BCUT2D eigenvalue weighted by Crippen LogP contribution is -1.98. The smallest absolute Gasteiger partial charge is 0.396 e. The van der Waals surface area contributed by atoms with Crippen molar-refractivity contribution in [2.24, 2.45) is 5.92 Å². The van der Waals surface area contributed by atoms with Gasteiger partial charge in [0, 0.05) is 11.5 Å². The normalized spacial score (nSPS) is 24.5. The summed E-state index contributed by atoms with van der Waals surface area (Å²) in [6.07, 6.45) is 0.933. The Balaban J connectivity index is 2.00. The molecule has 1 saturated carbocycles. The van der Waals surface area contributed by atoms with Gasteiger partial charge in [0.1, 0.15) is 0 Å². The third kappa shape index (κ3) is 2.92. The molecule has 0 amide bonds. The van der Waals surface area contributed by atoms with Gasteiger partial charge < -0.3 is 5.11 Å². The summed E-state index contributed by atoms with van der Waals surface area (Å²) in [5, 5.41) is 8.89. The summed E-state index contributed by atoms with van der Waals surface area (Å²) in [7, 11) is 0. The molecule has 0 aromatic heterocycles. The van der Waals surface area contributed by atoms with E-state index in [0.29, 0.717) is 11.8 Å². The summed E-state index contributed by atoms with van der Waals surface area (Å²) in [6.45, 7) is 0.156. The molecule has 0 spiro atoms. The molecule has 1 aliphatic rings. The van der Waals surface area contributed by atoms with Gasteiger partial charge in [0.15, 0.2) is 0 Å². The molecule has 0 saturated heterocycles. The molecule has 16 heavy (non-hydrogen) atoms. The first-order valence-electron chi connectivity index (χ1n) is 4.96. The van der Waals surface area contributed by atoms with Crippen LogP contribution in [0.1, 0.15) is 17.9 Å². The average Bonchev–Trinajstić information content (AvgIpc) is 2.95. The molecule has 1 aromatic rings. The van der Waals surface area contributed by atoms with Gasteiger partial charge in [-0.25, -0.2) is 0 Å². The molecule has 1 nitrogen and oxygen atoms in total. The number of thioether (sulfide) groups is 1. The highest BCUT2D eigenvalue weighted by molar-refractivity contribution is 8.00. The van der Waals surface area contributed by atoms with E-state index >= 15 is 0 Å². The lowest BCUT2D eigenvalue weighted by Gasteiger charge is -2.06. The summed E-state index contributed by atoms with van der Waals surface area (Å²) in [5.41, 5.74) is -3.21. The molecule has 2 unspecified atom stereocenters. The summed E-state index contributed by atoms with van der Waals surface area (Å²) in [4.78, 5) is 0.206.